The number of hydrogen-bond donors (Lipinski definition) is 3. The van der Waals surface area contributed by atoms with Crippen LogP contribution in [0.5, 0.6) is 0 Å². The molecule has 1 aliphatic heterocycles. The van der Waals surface area contributed by atoms with Gasteiger partial charge in [0.05, 0.1) is 6.10 Å². The molecule has 0 saturated carbocycles. The molecule has 3 N–H and O–H groups in total. The van der Waals surface area contributed by atoms with Crippen molar-refractivity contribution in [2.75, 3.05) is 19.6 Å². The molecule has 0 aromatic carbocycles. The first-order valence-electron chi connectivity index (χ1n) is 5.40. The Bertz CT molecular complexity index is 319. The molecule has 16 heavy (non-hydrogen) atoms. The van der Waals surface area contributed by atoms with E-state index in [0.717, 1.165) is 26.2 Å². The summed E-state index contributed by atoms with van der Waals surface area (Å²) in [4.78, 5) is 1.40. The van der Waals surface area contributed by atoms with Gasteiger partial charge in [-0.15, -0.1) is 23.7 Å². The van der Waals surface area contributed by atoms with E-state index in [1.54, 1.807) is 11.3 Å². The quantitative estimate of drug-likeness (QED) is 0.763. The summed E-state index contributed by atoms with van der Waals surface area (Å²) in [6, 6.07) is 2.15. The van der Waals surface area contributed by atoms with Crippen LogP contribution < -0.4 is 10.6 Å². The molecule has 0 bridgehead atoms. The van der Waals surface area contributed by atoms with Gasteiger partial charge < -0.3 is 15.7 Å². The van der Waals surface area contributed by atoms with E-state index in [-0.39, 0.29) is 18.5 Å². The van der Waals surface area contributed by atoms with Gasteiger partial charge in [-0.05, 0) is 23.9 Å². The Morgan fingerprint density at radius 2 is 2.38 bits per heavy atom. The van der Waals surface area contributed by atoms with Crippen molar-refractivity contribution in [1.29, 1.82) is 0 Å². The lowest BCUT2D eigenvalue weighted by Gasteiger charge is -2.13. The third-order valence-electron chi connectivity index (χ3n) is 2.96. The molecule has 2 heterocycles. The monoisotopic (exact) mass is 262 g/mol. The first kappa shape index (κ1) is 13.9. The first-order valence-corrected chi connectivity index (χ1v) is 6.28. The van der Waals surface area contributed by atoms with Gasteiger partial charge in [-0.25, -0.2) is 0 Å². The Balaban J connectivity index is 0.00000128. The van der Waals surface area contributed by atoms with Crippen LogP contribution in [-0.4, -0.2) is 30.8 Å². The topological polar surface area (TPSA) is 44.3 Å². The number of β-amino-alcohol motifs (C(OH)–C–C–N with tert-alkyl or cyclic N) is 1. The van der Waals surface area contributed by atoms with Gasteiger partial charge in [0.2, 0.25) is 0 Å². The van der Waals surface area contributed by atoms with E-state index >= 15 is 0 Å². The van der Waals surface area contributed by atoms with Crippen LogP contribution in [0.3, 0.4) is 0 Å². The van der Waals surface area contributed by atoms with Crippen LogP contribution >= 0.6 is 23.7 Å². The van der Waals surface area contributed by atoms with Crippen molar-refractivity contribution < 1.29 is 5.11 Å². The van der Waals surface area contributed by atoms with E-state index in [4.69, 9.17) is 0 Å². The molecule has 3 nitrogen and oxygen atoms in total. The van der Waals surface area contributed by atoms with Crippen LogP contribution in [0.25, 0.3) is 0 Å². The summed E-state index contributed by atoms with van der Waals surface area (Å²) in [5.41, 5.74) is 1.36. The number of rotatable bonds is 4. The molecule has 92 valence electrons. The number of halogens is 1. The molecule has 0 spiro atoms. The van der Waals surface area contributed by atoms with Crippen molar-refractivity contribution in [2.45, 2.75) is 19.6 Å². The largest absolute Gasteiger partial charge is 0.391 e. The van der Waals surface area contributed by atoms with E-state index in [1.807, 2.05) is 0 Å². The van der Waals surface area contributed by atoms with Crippen LogP contribution in [0, 0.1) is 12.8 Å². The Kier molecular flexibility index (Phi) is 5.72. The van der Waals surface area contributed by atoms with E-state index < -0.39 is 0 Å². The fraction of sp³-hybridized carbons (Fsp3) is 0.636. The van der Waals surface area contributed by atoms with Crippen LogP contribution in [0.1, 0.15) is 10.4 Å². The number of thiophene rings is 1. The number of nitrogens with one attached hydrogen (secondary N) is 2. The van der Waals surface area contributed by atoms with Crippen LogP contribution in [0.2, 0.25) is 0 Å². The molecule has 1 aromatic heterocycles. The van der Waals surface area contributed by atoms with Crippen molar-refractivity contribution in [2.24, 2.45) is 5.92 Å². The second-order valence-electron chi connectivity index (χ2n) is 4.14. The van der Waals surface area contributed by atoms with Crippen LogP contribution in [0.4, 0.5) is 0 Å². The number of aryl methyl sites for hydroxylation is 1. The highest BCUT2D eigenvalue weighted by Gasteiger charge is 2.23. The molecule has 2 unspecified atom stereocenters. The second-order valence-corrected chi connectivity index (χ2v) is 5.14. The molecule has 0 amide bonds. The third-order valence-corrected chi connectivity index (χ3v) is 3.99. The highest BCUT2D eigenvalue weighted by molar-refractivity contribution is 7.10. The normalized spacial score (nSPS) is 24.4. The Labute approximate surface area is 107 Å². The lowest BCUT2D eigenvalue weighted by atomic mass is 10.1. The molecule has 1 saturated heterocycles. The summed E-state index contributed by atoms with van der Waals surface area (Å²) in [6.45, 7) is 5.62. The van der Waals surface area contributed by atoms with Gasteiger partial charge in [0.1, 0.15) is 0 Å². The van der Waals surface area contributed by atoms with Gasteiger partial charge in [-0.3, -0.25) is 0 Å². The molecule has 1 aromatic rings. The van der Waals surface area contributed by atoms with Crippen molar-refractivity contribution in [3.63, 3.8) is 0 Å². The number of aliphatic hydroxyl groups excluding tert-OH is 1. The molecule has 2 atom stereocenters. The summed E-state index contributed by atoms with van der Waals surface area (Å²) in [7, 11) is 0. The van der Waals surface area contributed by atoms with E-state index in [1.165, 1.54) is 10.4 Å². The van der Waals surface area contributed by atoms with Gasteiger partial charge in [0, 0.05) is 37.0 Å². The fourth-order valence-electron chi connectivity index (χ4n) is 1.88. The van der Waals surface area contributed by atoms with Gasteiger partial charge in [0.15, 0.2) is 0 Å². The zero-order valence-corrected chi connectivity index (χ0v) is 11.0. The zero-order valence-electron chi connectivity index (χ0n) is 9.40. The smallest absolute Gasteiger partial charge is 0.0716 e. The maximum absolute atomic E-state index is 9.60. The Morgan fingerprint density at radius 1 is 1.56 bits per heavy atom. The molecular formula is C11H19ClN2OS. The first-order chi connectivity index (χ1) is 7.27. The van der Waals surface area contributed by atoms with Crippen molar-refractivity contribution in [1.82, 2.24) is 10.6 Å². The highest BCUT2D eigenvalue weighted by atomic mass is 35.5. The lowest BCUT2D eigenvalue weighted by Crippen LogP contribution is -2.30. The molecule has 0 aliphatic carbocycles. The summed E-state index contributed by atoms with van der Waals surface area (Å²) in [6.07, 6.45) is -0.179. The summed E-state index contributed by atoms with van der Waals surface area (Å²) in [5, 5.41) is 18.3. The van der Waals surface area contributed by atoms with Crippen molar-refractivity contribution >= 4 is 23.7 Å². The third kappa shape index (κ3) is 3.43. The summed E-state index contributed by atoms with van der Waals surface area (Å²) in [5.74, 6) is 0.366. The predicted octanol–water partition coefficient (Wildman–Crippen LogP) is 1.15. The number of hydrogen-bond acceptors (Lipinski definition) is 4. The van der Waals surface area contributed by atoms with Crippen LogP contribution in [0.15, 0.2) is 11.4 Å². The molecule has 1 fully saturated rings. The zero-order chi connectivity index (χ0) is 10.7. The molecule has 0 radical (unpaired) electrons. The summed E-state index contributed by atoms with van der Waals surface area (Å²) < 4.78 is 0. The van der Waals surface area contributed by atoms with Gasteiger partial charge >= 0.3 is 0 Å². The van der Waals surface area contributed by atoms with Gasteiger partial charge in [-0.2, -0.15) is 0 Å². The van der Waals surface area contributed by atoms with Gasteiger partial charge in [-0.1, -0.05) is 0 Å². The average molecular weight is 263 g/mol. The predicted molar refractivity (Wildman–Crippen MR) is 70.4 cm³/mol. The van der Waals surface area contributed by atoms with Gasteiger partial charge in [0.25, 0.3) is 0 Å². The molecule has 5 heteroatoms. The minimum atomic E-state index is -0.179. The Hall–Kier alpha value is -0.130. The molecular weight excluding hydrogens is 244 g/mol. The maximum Gasteiger partial charge on any atom is 0.0716 e. The van der Waals surface area contributed by atoms with E-state index in [9.17, 15) is 5.11 Å². The minimum absolute atomic E-state index is 0. The molecule has 2 rings (SSSR count). The van der Waals surface area contributed by atoms with Crippen LogP contribution in [-0.2, 0) is 6.54 Å². The van der Waals surface area contributed by atoms with Crippen molar-refractivity contribution in [3.05, 3.63) is 21.9 Å². The standard InChI is InChI=1S/C11H18N2OS.ClH/c1-8-2-3-15-11(8)7-13-5-9-4-12-6-10(9)14;/h2-3,9-10,12-14H,4-7H2,1H3;1H. The lowest BCUT2D eigenvalue weighted by molar-refractivity contribution is 0.146. The minimum Gasteiger partial charge on any atom is -0.391 e. The second kappa shape index (κ2) is 6.57. The Morgan fingerprint density at radius 3 is 2.94 bits per heavy atom. The van der Waals surface area contributed by atoms with E-state index in [0.29, 0.717) is 5.92 Å². The SMILES string of the molecule is Cc1ccsc1CNCC1CNCC1O.Cl. The number of aliphatic hydroxyl groups is 1. The average Bonchev–Trinajstić information content (AvgIpc) is 2.78. The van der Waals surface area contributed by atoms with Crippen molar-refractivity contribution in [3.8, 4) is 0 Å². The maximum atomic E-state index is 9.60. The molecule has 1 aliphatic rings. The summed E-state index contributed by atoms with van der Waals surface area (Å²) >= 11 is 1.79. The van der Waals surface area contributed by atoms with E-state index in [2.05, 4.69) is 29.0 Å². The highest BCUT2D eigenvalue weighted by Crippen LogP contribution is 2.15. The fourth-order valence-corrected chi connectivity index (χ4v) is 2.76.